The standard InChI is InChI=1S/C16H23F2NO3/c1-21-14-4-5-15(22-16(17)18)13(9-14)11-19-7-6-12(10-19)3-2-8-20/h4-5,9,12,16,20H,2-3,6-8,10-11H2,1H3. The zero-order valence-electron chi connectivity index (χ0n) is 12.8. The average molecular weight is 315 g/mol. The van der Waals surface area contributed by atoms with Crippen molar-refractivity contribution in [2.45, 2.75) is 32.4 Å². The molecule has 0 amide bonds. The maximum atomic E-state index is 12.5. The first kappa shape index (κ1) is 17.0. The number of benzene rings is 1. The molecule has 0 radical (unpaired) electrons. The van der Waals surface area contributed by atoms with Crippen LogP contribution >= 0.6 is 0 Å². The van der Waals surface area contributed by atoms with E-state index in [4.69, 9.17) is 9.84 Å². The minimum Gasteiger partial charge on any atom is -0.497 e. The van der Waals surface area contributed by atoms with E-state index in [1.807, 2.05) is 0 Å². The summed E-state index contributed by atoms with van der Waals surface area (Å²) in [6.45, 7) is -0.191. The van der Waals surface area contributed by atoms with Gasteiger partial charge in [0, 0.05) is 25.3 Å². The third kappa shape index (κ3) is 4.81. The highest BCUT2D eigenvalue weighted by Gasteiger charge is 2.23. The first-order valence-electron chi connectivity index (χ1n) is 7.57. The van der Waals surface area contributed by atoms with Crippen LogP contribution in [0.15, 0.2) is 18.2 Å². The first-order chi connectivity index (χ1) is 10.6. The molecule has 1 aromatic carbocycles. The summed E-state index contributed by atoms with van der Waals surface area (Å²) in [5, 5.41) is 8.89. The highest BCUT2D eigenvalue weighted by Crippen LogP contribution is 2.29. The van der Waals surface area contributed by atoms with Crippen molar-refractivity contribution in [2.75, 3.05) is 26.8 Å². The second-order valence-corrected chi connectivity index (χ2v) is 5.61. The number of likely N-dealkylation sites (tertiary alicyclic amines) is 1. The zero-order chi connectivity index (χ0) is 15.9. The quantitative estimate of drug-likeness (QED) is 0.801. The van der Waals surface area contributed by atoms with Crippen molar-refractivity contribution in [3.05, 3.63) is 23.8 Å². The first-order valence-corrected chi connectivity index (χ1v) is 7.57. The molecule has 1 aliphatic rings. The second-order valence-electron chi connectivity index (χ2n) is 5.61. The van der Waals surface area contributed by atoms with Crippen LogP contribution in [0.5, 0.6) is 11.5 Å². The molecule has 6 heteroatoms. The summed E-state index contributed by atoms with van der Waals surface area (Å²) in [5.74, 6) is 1.40. The lowest BCUT2D eigenvalue weighted by Crippen LogP contribution is -2.21. The summed E-state index contributed by atoms with van der Waals surface area (Å²) < 4.78 is 34.8. The van der Waals surface area contributed by atoms with E-state index in [-0.39, 0.29) is 12.4 Å². The summed E-state index contributed by atoms with van der Waals surface area (Å²) >= 11 is 0. The Balaban J connectivity index is 2.01. The van der Waals surface area contributed by atoms with Gasteiger partial charge in [-0.25, -0.2) is 0 Å². The molecule has 4 nitrogen and oxygen atoms in total. The molecule has 1 heterocycles. The number of alkyl halides is 2. The average Bonchev–Trinajstić information content (AvgIpc) is 2.94. The van der Waals surface area contributed by atoms with Crippen molar-refractivity contribution in [1.29, 1.82) is 0 Å². The molecule has 22 heavy (non-hydrogen) atoms. The predicted octanol–water partition coefficient (Wildman–Crippen LogP) is 2.89. The van der Waals surface area contributed by atoms with Gasteiger partial charge in [-0.15, -0.1) is 0 Å². The normalized spacial score (nSPS) is 18.9. The monoisotopic (exact) mass is 315 g/mol. The Bertz CT molecular complexity index is 471. The van der Waals surface area contributed by atoms with E-state index in [1.165, 1.54) is 6.07 Å². The number of aliphatic hydroxyl groups excluding tert-OH is 1. The molecule has 1 unspecified atom stereocenters. The fourth-order valence-electron chi connectivity index (χ4n) is 2.93. The van der Waals surface area contributed by atoms with Gasteiger partial charge in [0.1, 0.15) is 11.5 Å². The highest BCUT2D eigenvalue weighted by atomic mass is 19.3. The molecule has 1 fully saturated rings. The van der Waals surface area contributed by atoms with Crippen LogP contribution in [0.25, 0.3) is 0 Å². The predicted molar refractivity (Wildman–Crippen MR) is 79.3 cm³/mol. The second kappa shape index (κ2) is 8.29. The molecule has 2 rings (SSSR count). The van der Waals surface area contributed by atoms with Crippen molar-refractivity contribution in [3.63, 3.8) is 0 Å². The van der Waals surface area contributed by atoms with Crippen LogP contribution in [0.2, 0.25) is 0 Å². The van der Waals surface area contributed by atoms with Gasteiger partial charge < -0.3 is 14.6 Å². The van der Waals surface area contributed by atoms with Gasteiger partial charge in [-0.1, -0.05) is 0 Å². The summed E-state index contributed by atoms with van der Waals surface area (Å²) in [7, 11) is 1.55. The minimum absolute atomic E-state index is 0.203. The maximum absolute atomic E-state index is 12.5. The van der Waals surface area contributed by atoms with E-state index in [1.54, 1.807) is 19.2 Å². The smallest absolute Gasteiger partial charge is 0.387 e. The molecule has 0 saturated carbocycles. The van der Waals surface area contributed by atoms with Gasteiger partial charge in [0.25, 0.3) is 0 Å². The largest absolute Gasteiger partial charge is 0.497 e. The molecule has 1 atom stereocenters. The Hall–Kier alpha value is -1.40. The van der Waals surface area contributed by atoms with E-state index in [0.717, 1.165) is 32.4 Å². The van der Waals surface area contributed by atoms with Crippen LogP contribution < -0.4 is 9.47 Å². The topological polar surface area (TPSA) is 41.9 Å². The fourth-order valence-corrected chi connectivity index (χ4v) is 2.93. The van der Waals surface area contributed by atoms with Crippen LogP contribution in [0.1, 0.15) is 24.8 Å². The van der Waals surface area contributed by atoms with Crippen LogP contribution in [0.3, 0.4) is 0 Å². The Morgan fingerprint density at radius 3 is 2.91 bits per heavy atom. The van der Waals surface area contributed by atoms with Gasteiger partial charge in [-0.05, 0) is 49.9 Å². The molecule has 0 aliphatic carbocycles. The molecule has 1 aromatic rings. The molecule has 1 saturated heterocycles. The third-order valence-corrected chi connectivity index (χ3v) is 4.02. The number of rotatable bonds is 8. The third-order valence-electron chi connectivity index (χ3n) is 4.02. The molecule has 124 valence electrons. The molecule has 1 N–H and O–H groups in total. The highest BCUT2D eigenvalue weighted by molar-refractivity contribution is 5.40. The van der Waals surface area contributed by atoms with Crippen molar-refractivity contribution in [2.24, 2.45) is 5.92 Å². The summed E-state index contributed by atoms with van der Waals surface area (Å²) in [5.41, 5.74) is 0.711. The Morgan fingerprint density at radius 1 is 1.41 bits per heavy atom. The van der Waals surface area contributed by atoms with E-state index in [9.17, 15) is 8.78 Å². The van der Waals surface area contributed by atoms with E-state index in [0.29, 0.717) is 23.8 Å². The lowest BCUT2D eigenvalue weighted by molar-refractivity contribution is -0.0507. The zero-order valence-corrected chi connectivity index (χ0v) is 12.8. The lowest BCUT2D eigenvalue weighted by atomic mass is 10.0. The van der Waals surface area contributed by atoms with Gasteiger partial charge in [0.05, 0.1) is 7.11 Å². The minimum atomic E-state index is -2.83. The molecule has 0 spiro atoms. The molecular weight excluding hydrogens is 292 g/mol. The number of halogens is 2. The molecule has 0 bridgehead atoms. The SMILES string of the molecule is COc1ccc(OC(F)F)c(CN2CCC(CCCO)C2)c1. The number of hydrogen-bond acceptors (Lipinski definition) is 4. The Labute approximate surface area is 129 Å². The van der Waals surface area contributed by atoms with Crippen LogP contribution in [-0.2, 0) is 6.54 Å². The lowest BCUT2D eigenvalue weighted by Gasteiger charge is -2.19. The van der Waals surface area contributed by atoms with E-state index >= 15 is 0 Å². The number of nitrogens with zero attached hydrogens (tertiary/aromatic N) is 1. The van der Waals surface area contributed by atoms with Crippen molar-refractivity contribution < 1.29 is 23.4 Å². The number of methoxy groups -OCH3 is 1. The van der Waals surface area contributed by atoms with Gasteiger partial charge in [-0.2, -0.15) is 8.78 Å². The fraction of sp³-hybridized carbons (Fsp3) is 0.625. The van der Waals surface area contributed by atoms with Gasteiger partial charge in [0.15, 0.2) is 0 Å². The van der Waals surface area contributed by atoms with Crippen LogP contribution in [0.4, 0.5) is 8.78 Å². The van der Waals surface area contributed by atoms with Gasteiger partial charge >= 0.3 is 6.61 Å². The van der Waals surface area contributed by atoms with Crippen LogP contribution in [-0.4, -0.2) is 43.4 Å². The van der Waals surface area contributed by atoms with E-state index < -0.39 is 6.61 Å². The Morgan fingerprint density at radius 2 is 2.23 bits per heavy atom. The number of hydrogen-bond donors (Lipinski definition) is 1. The Kier molecular flexibility index (Phi) is 6.39. The van der Waals surface area contributed by atoms with Crippen molar-refractivity contribution >= 4 is 0 Å². The summed E-state index contributed by atoms with van der Waals surface area (Å²) in [6.07, 6.45) is 2.90. The van der Waals surface area contributed by atoms with Crippen LogP contribution in [0, 0.1) is 5.92 Å². The van der Waals surface area contributed by atoms with Crippen molar-refractivity contribution in [3.8, 4) is 11.5 Å². The summed E-state index contributed by atoms with van der Waals surface area (Å²) in [6, 6.07) is 4.90. The van der Waals surface area contributed by atoms with Crippen molar-refractivity contribution in [1.82, 2.24) is 4.90 Å². The number of ether oxygens (including phenoxy) is 2. The number of aliphatic hydroxyl groups is 1. The summed E-state index contributed by atoms with van der Waals surface area (Å²) in [4.78, 5) is 2.23. The molecule has 1 aliphatic heterocycles. The van der Waals surface area contributed by atoms with E-state index in [2.05, 4.69) is 9.64 Å². The van der Waals surface area contributed by atoms with Gasteiger partial charge in [-0.3, -0.25) is 4.90 Å². The molecule has 0 aromatic heterocycles. The maximum Gasteiger partial charge on any atom is 0.387 e. The molecular formula is C16H23F2NO3. The van der Waals surface area contributed by atoms with Gasteiger partial charge in [0.2, 0.25) is 0 Å².